The molecule has 31 heavy (non-hydrogen) atoms. The highest BCUT2D eigenvalue weighted by atomic mass is 35.5. The second kappa shape index (κ2) is 10.3. The molecule has 1 aliphatic rings. The van der Waals surface area contributed by atoms with Crippen molar-refractivity contribution < 1.29 is 9.53 Å². The van der Waals surface area contributed by atoms with Crippen LogP contribution in [0.4, 0.5) is 0 Å². The second-order valence-electron chi connectivity index (χ2n) is 7.35. The van der Waals surface area contributed by atoms with Crippen molar-refractivity contribution in [3.63, 3.8) is 0 Å². The normalized spacial score (nSPS) is 13.6. The van der Waals surface area contributed by atoms with Gasteiger partial charge in [-0.3, -0.25) is 9.79 Å². The number of aromatic nitrogens is 3. The number of hydrogen-bond donors (Lipinski definition) is 1. The fourth-order valence-electron chi connectivity index (χ4n) is 3.05. The first-order chi connectivity index (χ1) is 14.9. The molecule has 1 aliphatic heterocycles. The molecule has 0 radical (unpaired) electrons. The number of ether oxygens (including phenoxy) is 1. The summed E-state index contributed by atoms with van der Waals surface area (Å²) in [6.45, 7) is 6.23. The number of allylic oxidation sites excluding steroid dienone is 3. The minimum Gasteiger partial charge on any atom is -0.491 e. The average molecular weight is 444 g/mol. The first-order valence-electron chi connectivity index (χ1n) is 10.2. The van der Waals surface area contributed by atoms with Crippen molar-refractivity contribution in [3.8, 4) is 11.4 Å². The van der Waals surface area contributed by atoms with E-state index in [0.29, 0.717) is 35.3 Å². The summed E-state index contributed by atoms with van der Waals surface area (Å²) >= 11 is 6.23. The zero-order chi connectivity index (χ0) is 22.4. The van der Waals surface area contributed by atoms with Gasteiger partial charge >= 0.3 is 5.69 Å². The smallest absolute Gasteiger partial charge is 0.351 e. The number of nitrogens with zero attached hydrogens (tertiary/aromatic N) is 4. The maximum absolute atomic E-state index is 13.2. The van der Waals surface area contributed by atoms with Gasteiger partial charge in [0, 0.05) is 36.0 Å². The van der Waals surface area contributed by atoms with Crippen LogP contribution in [0.3, 0.4) is 0 Å². The van der Waals surface area contributed by atoms with E-state index in [0.717, 1.165) is 12.0 Å². The molecule has 0 saturated heterocycles. The molecule has 164 valence electrons. The van der Waals surface area contributed by atoms with Crippen LogP contribution in [0.5, 0.6) is 5.75 Å². The van der Waals surface area contributed by atoms with Crippen LogP contribution < -0.4 is 15.7 Å². The number of rotatable bonds is 8. The fraction of sp³-hybridized carbons (Fsp3) is 0.364. The zero-order valence-electron chi connectivity index (χ0n) is 17.8. The summed E-state index contributed by atoms with van der Waals surface area (Å²) in [6, 6.07) is 7.17. The molecule has 8 nitrogen and oxygen atoms in total. The SMILES string of the molecule is CCCNC(=O)Cn1nc(C2=CC=NC=C(Cl)C2)n(-c2ccc(OC(C)C)cc2)c1=O. The molecule has 9 heteroatoms. The van der Waals surface area contributed by atoms with Crippen LogP contribution in [0.15, 0.2) is 51.4 Å². The lowest BCUT2D eigenvalue weighted by Gasteiger charge is -2.11. The minimum atomic E-state index is -0.415. The molecule has 0 unspecified atom stereocenters. The standard InChI is InChI=1S/C22H26ClN5O3/c1-4-10-25-20(29)14-27-22(30)28(18-5-7-19(8-6-18)31-15(2)3)21(26-27)16-9-11-24-13-17(23)12-16/h5-9,11,13,15H,4,10,12,14H2,1-3H3,(H,25,29). The maximum Gasteiger partial charge on any atom is 0.351 e. The van der Waals surface area contributed by atoms with Gasteiger partial charge in [-0.15, -0.1) is 5.10 Å². The summed E-state index contributed by atoms with van der Waals surface area (Å²) in [5.74, 6) is 0.840. The van der Waals surface area contributed by atoms with Crippen LogP contribution in [0, 0.1) is 0 Å². The maximum atomic E-state index is 13.2. The lowest BCUT2D eigenvalue weighted by atomic mass is 10.1. The van der Waals surface area contributed by atoms with E-state index >= 15 is 0 Å². The van der Waals surface area contributed by atoms with Crippen LogP contribution >= 0.6 is 11.6 Å². The van der Waals surface area contributed by atoms with Gasteiger partial charge in [-0.2, -0.15) is 0 Å². The molecule has 1 aromatic heterocycles. The molecule has 1 N–H and O–H groups in total. The number of carbonyl (C=O) groups is 1. The number of amides is 1. The molecule has 1 aromatic carbocycles. The molecule has 1 amide bonds. The van der Waals surface area contributed by atoms with Crippen molar-refractivity contribution in [2.24, 2.45) is 4.99 Å². The van der Waals surface area contributed by atoms with E-state index in [1.54, 1.807) is 42.8 Å². The van der Waals surface area contributed by atoms with Crippen LogP contribution in [-0.2, 0) is 11.3 Å². The predicted octanol–water partition coefficient (Wildman–Crippen LogP) is 3.29. The molecule has 0 fully saturated rings. The Morgan fingerprint density at radius 2 is 2.03 bits per heavy atom. The third kappa shape index (κ3) is 5.73. The monoisotopic (exact) mass is 443 g/mol. The average Bonchev–Trinajstić information content (AvgIpc) is 2.89. The highest BCUT2D eigenvalue weighted by Crippen LogP contribution is 2.26. The third-order valence-corrected chi connectivity index (χ3v) is 4.63. The molecule has 0 aliphatic carbocycles. The molecule has 0 spiro atoms. The molecular weight excluding hydrogens is 418 g/mol. The summed E-state index contributed by atoms with van der Waals surface area (Å²) in [5, 5.41) is 7.76. The Morgan fingerprint density at radius 3 is 2.71 bits per heavy atom. The van der Waals surface area contributed by atoms with Gasteiger partial charge in [0.15, 0.2) is 5.82 Å². The summed E-state index contributed by atoms with van der Waals surface area (Å²) in [4.78, 5) is 29.5. The van der Waals surface area contributed by atoms with Gasteiger partial charge in [0.05, 0.1) is 11.8 Å². The van der Waals surface area contributed by atoms with Crippen molar-refractivity contribution in [2.45, 2.75) is 46.3 Å². The van der Waals surface area contributed by atoms with Crippen molar-refractivity contribution in [2.75, 3.05) is 6.54 Å². The molecule has 2 aromatic rings. The van der Waals surface area contributed by atoms with Gasteiger partial charge in [0.2, 0.25) is 5.91 Å². The fourth-order valence-corrected chi connectivity index (χ4v) is 3.25. The summed E-state index contributed by atoms with van der Waals surface area (Å²) in [5.41, 5.74) is 0.912. The summed E-state index contributed by atoms with van der Waals surface area (Å²) in [7, 11) is 0. The van der Waals surface area contributed by atoms with E-state index < -0.39 is 5.69 Å². The van der Waals surface area contributed by atoms with E-state index in [1.165, 1.54) is 9.25 Å². The van der Waals surface area contributed by atoms with E-state index in [9.17, 15) is 9.59 Å². The Morgan fingerprint density at radius 1 is 1.29 bits per heavy atom. The largest absolute Gasteiger partial charge is 0.491 e. The van der Waals surface area contributed by atoms with Gasteiger partial charge in [0.1, 0.15) is 12.3 Å². The van der Waals surface area contributed by atoms with Crippen molar-refractivity contribution in [1.29, 1.82) is 0 Å². The molecule has 2 heterocycles. The predicted molar refractivity (Wildman–Crippen MR) is 122 cm³/mol. The van der Waals surface area contributed by atoms with E-state index in [-0.39, 0.29) is 18.6 Å². The summed E-state index contributed by atoms with van der Waals surface area (Å²) in [6.07, 6.45) is 6.14. The van der Waals surface area contributed by atoms with Gasteiger partial charge in [-0.1, -0.05) is 18.5 Å². The molecule has 3 rings (SSSR count). The number of aliphatic imine (C=N–C) groups is 1. The van der Waals surface area contributed by atoms with Crippen LogP contribution in [0.1, 0.15) is 39.4 Å². The lowest BCUT2D eigenvalue weighted by molar-refractivity contribution is -0.121. The Kier molecular flexibility index (Phi) is 7.46. The van der Waals surface area contributed by atoms with Crippen molar-refractivity contribution in [1.82, 2.24) is 19.7 Å². The number of benzene rings is 1. The van der Waals surface area contributed by atoms with Crippen LogP contribution in [-0.4, -0.2) is 39.1 Å². The molecule has 0 atom stereocenters. The Balaban J connectivity index is 2.04. The Bertz CT molecular complexity index is 1080. The first kappa shape index (κ1) is 22.6. The lowest BCUT2D eigenvalue weighted by Crippen LogP contribution is -2.33. The number of carbonyl (C=O) groups excluding carboxylic acids is 1. The molecule has 0 bridgehead atoms. The topological polar surface area (TPSA) is 90.5 Å². The van der Waals surface area contributed by atoms with E-state index in [2.05, 4.69) is 15.4 Å². The highest BCUT2D eigenvalue weighted by Gasteiger charge is 2.21. The van der Waals surface area contributed by atoms with Crippen LogP contribution in [0.25, 0.3) is 11.3 Å². The van der Waals surface area contributed by atoms with Gasteiger partial charge in [-0.25, -0.2) is 14.0 Å². The third-order valence-electron chi connectivity index (χ3n) is 4.39. The van der Waals surface area contributed by atoms with Gasteiger partial charge < -0.3 is 10.1 Å². The van der Waals surface area contributed by atoms with Crippen molar-refractivity contribution >= 4 is 29.3 Å². The van der Waals surface area contributed by atoms with E-state index in [1.807, 2.05) is 20.8 Å². The Hall–Kier alpha value is -3.13. The quantitative estimate of drug-likeness (QED) is 0.677. The zero-order valence-corrected chi connectivity index (χ0v) is 18.6. The number of hydrogen-bond acceptors (Lipinski definition) is 5. The van der Waals surface area contributed by atoms with E-state index in [4.69, 9.17) is 16.3 Å². The second-order valence-corrected chi connectivity index (χ2v) is 7.84. The number of nitrogens with one attached hydrogen (secondary N) is 1. The Labute approximate surface area is 185 Å². The first-order valence-corrected chi connectivity index (χ1v) is 10.6. The van der Waals surface area contributed by atoms with Crippen LogP contribution in [0.2, 0.25) is 0 Å². The van der Waals surface area contributed by atoms with Crippen molar-refractivity contribution in [3.05, 3.63) is 57.9 Å². The molecule has 0 saturated carbocycles. The summed E-state index contributed by atoms with van der Waals surface area (Å²) < 4.78 is 8.33. The van der Waals surface area contributed by atoms with Gasteiger partial charge in [-0.05, 0) is 50.6 Å². The number of halogens is 1. The molecular formula is C22H26ClN5O3. The van der Waals surface area contributed by atoms with Gasteiger partial charge in [0.25, 0.3) is 0 Å². The minimum absolute atomic E-state index is 0.0397. The highest BCUT2D eigenvalue weighted by molar-refractivity contribution is 6.30.